The summed E-state index contributed by atoms with van der Waals surface area (Å²) in [6.45, 7) is 9.93. The highest BCUT2D eigenvalue weighted by Gasteiger charge is 2.19. The van der Waals surface area contributed by atoms with Crippen molar-refractivity contribution in [3.8, 4) is 0 Å². The molecule has 2 aromatic carbocycles. The van der Waals surface area contributed by atoms with Crippen LogP contribution in [0.5, 0.6) is 0 Å². The number of aryl methyl sites for hydroxylation is 1. The molecule has 0 amide bonds. The minimum Gasteiger partial charge on any atom is -0.377 e. The van der Waals surface area contributed by atoms with Crippen molar-refractivity contribution in [2.75, 3.05) is 50.1 Å². The lowest BCUT2D eigenvalue weighted by atomic mass is 10.1. The van der Waals surface area contributed by atoms with Gasteiger partial charge in [0, 0.05) is 58.2 Å². The van der Waals surface area contributed by atoms with Gasteiger partial charge in [-0.05, 0) is 42.7 Å². The lowest BCUT2D eigenvalue weighted by molar-refractivity contribution is 0.250. The van der Waals surface area contributed by atoms with Gasteiger partial charge in [0.15, 0.2) is 0 Å². The van der Waals surface area contributed by atoms with Crippen molar-refractivity contribution in [2.24, 2.45) is 0 Å². The van der Waals surface area contributed by atoms with E-state index in [9.17, 15) is 0 Å². The molecule has 1 aliphatic heterocycles. The molecule has 0 unspecified atom stereocenters. The Hall–Kier alpha value is -2.00. The maximum absolute atomic E-state index is 2.57. The van der Waals surface area contributed by atoms with Crippen molar-refractivity contribution in [3.05, 3.63) is 59.2 Å². The molecule has 3 rings (SSSR count). The Balaban J connectivity index is 1.65. The molecule has 3 heteroatoms. The number of rotatable bonds is 4. The fraction of sp³-hybridized carbons (Fsp3) is 0.429. The molecule has 3 nitrogen and oxygen atoms in total. The Morgan fingerprint density at radius 2 is 1.58 bits per heavy atom. The highest BCUT2D eigenvalue weighted by atomic mass is 15.3. The van der Waals surface area contributed by atoms with Crippen LogP contribution in [0.2, 0.25) is 0 Å². The zero-order valence-corrected chi connectivity index (χ0v) is 15.4. The maximum Gasteiger partial charge on any atom is 0.0406 e. The minimum absolute atomic E-state index is 1.04. The standard InChI is InChI=1S/C21H29N3/c1-17-8-7-11-20(18(17)2)24-14-12-23(13-15-24)16-19-9-5-6-10-21(19)22(3)4/h5-11H,12-16H2,1-4H3. The molecule has 0 aromatic heterocycles. The Morgan fingerprint density at radius 3 is 2.29 bits per heavy atom. The molecule has 128 valence electrons. The second-order valence-corrected chi connectivity index (χ2v) is 7.01. The van der Waals surface area contributed by atoms with E-state index in [0.29, 0.717) is 0 Å². The van der Waals surface area contributed by atoms with Gasteiger partial charge in [0.2, 0.25) is 0 Å². The van der Waals surface area contributed by atoms with Crippen LogP contribution in [-0.4, -0.2) is 45.2 Å². The van der Waals surface area contributed by atoms with Crippen molar-refractivity contribution in [1.29, 1.82) is 0 Å². The molecule has 1 aliphatic rings. The van der Waals surface area contributed by atoms with Gasteiger partial charge in [-0.25, -0.2) is 0 Å². The van der Waals surface area contributed by atoms with Crippen LogP contribution in [0.25, 0.3) is 0 Å². The van der Waals surface area contributed by atoms with Gasteiger partial charge in [0.25, 0.3) is 0 Å². The summed E-state index contributed by atoms with van der Waals surface area (Å²) in [6.07, 6.45) is 0. The number of hydrogen-bond acceptors (Lipinski definition) is 3. The van der Waals surface area contributed by atoms with E-state index in [4.69, 9.17) is 0 Å². The Bertz CT molecular complexity index is 685. The number of piperazine rings is 1. The SMILES string of the molecule is Cc1cccc(N2CCN(Cc3ccccc3N(C)C)CC2)c1C. The van der Waals surface area contributed by atoms with Gasteiger partial charge in [-0.3, -0.25) is 4.90 Å². The number of hydrogen-bond donors (Lipinski definition) is 0. The molecule has 2 aromatic rings. The van der Waals surface area contributed by atoms with Crippen LogP contribution in [0, 0.1) is 13.8 Å². The van der Waals surface area contributed by atoms with Gasteiger partial charge in [-0.15, -0.1) is 0 Å². The molecule has 0 atom stereocenters. The fourth-order valence-corrected chi connectivity index (χ4v) is 3.55. The van der Waals surface area contributed by atoms with Crippen LogP contribution in [-0.2, 0) is 6.54 Å². The first-order chi connectivity index (χ1) is 11.6. The molecule has 0 saturated carbocycles. The molecule has 1 saturated heterocycles. The minimum atomic E-state index is 1.04. The van der Waals surface area contributed by atoms with Gasteiger partial charge in [0.1, 0.15) is 0 Å². The lowest BCUT2D eigenvalue weighted by Gasteiger charge is -2.37. The molecular weight excluding hydrogens is 294 g/mol. The zero-order valence-electron chi connectivity index (χ0n) is 15.4. The van der Waals surface area contributed by atoms with Gasteiger partial charge in [-0.1, -0.05) is 30.3 Å². The molecule has 0 radical (unpaired) electrons. The van der Waals surface area contributed by atoms with Crippen molar-refractivity contribution in [1.82, 2.24) is 4.90 Å². The first-order valence-corrected chi connectivity index (χ1v) is 8.85. The Kier molecular flexibility index (Phi) is 5.10. The average Bonchev–Trinajstić information content (AvgIpc) is 2.58. The van der Waals surface area contributed by atoms with Crippen molar-refractivity contribution >= 4 is 11.4 Å². The van der Waals surface area contributed by atoms with E-state index in [0.717, 1.165) is 32.7 Å². The molecule has 1 fully saturated rings. The second kappa shape index (κ2) is 7.27. The average molecular weight is 323 g/mol. The first kappa shape index (κ1) is 16.8. The summed E-state index contributed by atoms with van der Waals surface area (Å²) in [5.74, 6) is 0. The Morgan fingerprint density at radius 1 is 0.875 bits per heavy atom. The third-order valence-electron chi connectivity index (χ3n) is 5.16. The number of nitrogens with zero attached hydrogens (tertiary/aromatic N) is 3. The van der Waals surface area contributed by atoms with Crippen LogP contribution in [0.15, 0.2) is 42.5 Å². The topological polar surface area (TPSA) is 9.72 Å². The molecule has 0 bridgehead atoms. The van der Waals surface area contributed by atoms with Crippen LogP contribution >= 0.6 is 0 Å². The zero-order chi connectivity index (χ0) is 17.1. The van der Waals surface area contributed by atoms with Crippen LogP contribution in [0.3, 0.4) is 0 Å². The predicted molar refractivity (Wildman–Crippen MR) is 104 cm³/mol. The van der Waals surface area contributed by atoms with Crippen LogP contribution in [0.4, 0.5) is 11.4 Å². The highest BCUT2D eigenvalue weighted by molar-refractivity contribution is 5.56. The number of benzene rings is 2. The monoisotopic (exact) mass is 323 g/mol. The van der Waals surface area contributed by atoms with E-state index < -0.39 is 0 Å². The molecular formula is C21H29N3. The predicted octanol–water partition coefficient (Wildman–Crippen LogP) is 3.69. The first-order valence-electron chi connectivity index (χ1n) is 8.85. The summed E-state index contributed by atoms with van der Waals surface area (Å²) in [4.78, 5) is 7.32. The largest absolute Gasteiger partial charge is 0.377 e. The van der Waals surface area contributed by atoms with E-state index in [1.807, 2.05) is 0 Å². The number of anilines is 2. The highest BCUT2D eigenvalue weighted by Crippen LogP contribution is 2.25. The molecule has 0 spiro atoms. The smallest absolute Gasteiger partial charge is 0.0406 e. The van der Waals surface area contributed by atoms with Crippen LogP contribution < -0.4 is 9.80 Å². The quantitative estimate of drug-likeness (QED) is 0.849. The third-order valence-corrected chi connectivity index (χ3v) is 5.16. The van der Waals surface area contributed by atoms with Gasteiger partial charge in [0.05, 0.1) is 0 Å². The summed E-state index contributed by atoms with van der Waals surface area (Å²) >= 11 is 0. The van der Waals surface area contributed by atoms with Crippen molar-refractivity contribution in [3.63, 3.8) is 0 Å². The maximum atomic E-state index is 2.57. The fourth-order valence-electron chi connectivity index (χ4n) is 3.55. The van der Waals surface area contributed by atoms with E-state index in [2.05, 4.69) is 85.1 Å². The van der Waals surface area contributed by atoms with E-state index in [1.54, 1.807) is 0 Å². The Labute approximate surface area is 146 Å². The van der Waals surface area contributed by atoms with E-state index >= 15 is 0 Å². The van der Waals surface area contributed by atoms with Gasteiger partial charge in [-0.2, -0.15) is 0 Å². The number of para-hydroxylation sites is 1. The molecule has 24 heavy (non-hydrogen) atoms. The summed E-state index contributed by atoms with van der Waals surface area (Å²) in [6, 6.07) is 15.4. The van der Waals surface area contributed by atoms with Crippen molar-refractivity contribution in [2.45, 2.75) is 20.4 Å². The van der Waals surface area contributed by atoms with E-state index in [-0.39, 0.29) is 0 Å². The normalized spacial score (nSPS) is 15.6. The summed E-state index contributed by atoms with van der Waals surface area (Å²) < 4.78 is 0. The second-order valence-electron chi connectivity index (χ2n) is 7.01. The summed E-state index contributed by atoms with van der Waals surface area (Å²) in [5.41, 5.74) is 6.96. The molecule has 0 N–H and O–H groups in total. The molecule has 1 heterocycles. The summed E-state index contributed by atoms with van der Waals surface area (Å²) in [7, 11) is 4.24. The third kappa shape index (κ3) is 3.57. The lowest BCUT2D eigenvalue weighted by Crippen LogP contribution is -2.46. The van der Waals surface area contributed by atoms with Crippen LogP contribution in [0.1, 0.15) is 16.7 Å². The van der Waals surface area contributed by atoms with Crippen molar-refractivity contribution < 1.29 is 0 Å². The van der Waals surface area contributed by atoms with E-state index in [1.165, 1.54) is 28.1 Å². The molecule has 0 aliphatic carbocycles. The summed E-state index contributed by atoms with van der Waals surface area (Å²) in [5, 5.41) is 0. The van der Waals surface area contributed by atoms with Gasteiger partial charge >= 0.3 is 0 Å². The van der Waals surface area contributed by atoms with Gasteiger partial charge < -0.3 is 9.80 Å².